The second kappa shape index (κ2) is 18.2. The zero-order chi connectivity index (χ0) is 36.2. The number of nitrogens with one attached hydrogen (secondary N) is 4. The molecule has 1 unspecified atom stereocenters. The Morgan fingerprint density at radius 3 is 2.12 bits per heavy atom. The topological polar surface area (TPSA) is 163 Å². The fourth-order valence-electron chi connectivity index (χ4n) is 6.22. The number of esters is 1. The number of nitrogens with zero attached hydrogens (tertiary/aromatic N) is 1. The molecule has 48 heavy (non-hydrogen) atoms. The van der Waals surface area contributed by atoms with E-state index >= 15 is 0 Å². The van der Waals surface area contributed by atoms with Crippen molar-refractivity contribution in [3.63, 3.8) is 0 Å². The number of amides is 5. The van der Waals surface area contributed by atoms with E-state index < -0.39 is 70.7 Å². The molecule has 1 saturated heterocycles. The lowest BCUT2D eigenvalue weighted by Crippen LogP contribution is -2.61. The number of carbonyl (C=O) groups is 6. The highest BCUT2D eigenvalue weighted by Gasteiger charge is 2.45. The minimum Gasteiger partial charge on any atom is -0.458 e. The van der Waals surface area contributed by atoms with Crippen LogP contribution in [0.1, 0.15) is 106 Å². The van der Waals surface area contributed by atoms with Crippen molar-refractivity contribution in [2.75, 3.05) is 13.1 Å². The van der Waals surface area contributed by atoms with Crippen molar-refractivity contribution in [2.45, 2.75) is 136 Å². The lowest BCUT2D eigenvalue weighted by atomic mass is 9.83. The quantitative estimate of drug-likeness (QED) is 0.116. The Balaban J connectivity index is 2.35. The standard InChI is InChI=1S/C36H59N5O7/c1-10-13-19-25(28(42)31(44)37-20-11-2)38-30(43)26-21-23(12-3)22-41(26)32(45)27(24-17-15-14-16-18-24)39-34(47)40-29(35(4,5)6)33(46)48-36(7,8)9/h11-12,23-27,29H,2-3,10,13-22H2,1,4-9H3,(H,37,44)(H,38,43)(H2,39,40,47)/t23-,25?,26+,27+,29-/m1/s1. The van der Waals surface area contributed by atoms with Gasteiger partial charge >= 0.3 is 12.0 Å². The zero-order valence-electron chi connectivity index (χ0n) is 30.1. The van der Waals surface area contributed by atoms with Crippen LogP contribution in [0.3, 0.4) is 0 Å². The van der Waals surface area contributed by atoms with Crippen molar-refractivity contribution >= 4 is 35.5 Å². The van der Waals surface area contributed by atoms with Crippen LogP contribution in [-0.4, -0.2) is 83.3 Å². The molecule has 1 aliphatic heterocycles. The van der Waals surface area contributed by atoms with E-state index in [1.165, 1.54) is 11.0 Å². The maximum atomic E-state index is 14.4. The molecule has 0 radical (unpaired) electrons. The number of ether oxygens (including phenoxy) is 1. The van der Waals surface area contributed by atoms with E-state index in [0.717, 1.165) is 25.7 Å². The number of rotatable bonds is 15. The van der Waals surface area contributed by atoms with Gasteiger partial charge in [0.05, 0.1) is 6.04 Å². The molecule has 1 aliphatic carbocycles. The molecule has 0 aromatic carbocycles. The Morgan fingerprint density at radius 1 is 0.938 bits per heavy atom. The summed E-state index contributed by atoms with van der Waals surface area (Å²) in [5.41, 5.74) is -1.45. The highest BCUT2D eigenvalue weighted by Crippen LogP contribution is 2.31. The van der Waals surface area contributed by atoms with Crippen LogP contribution < -0.4 is 21.3 Å². The van der Waals surface area contributed by atoms with Crippen molar-refractivity contribution in [3.05, 3.63) is 25.3 Å². The number of unbranched alkanes of at least 4 members (excludes halogenated alkanes) is 1. The van der Waals surface area contributed by atoms with Crippen molar-refractivity contribution in [1.82, 2.24) is 26.2 Å². The number of urea groups is 1. The molecule has 2 fully saturated rings. The molecule has 5 amide bonds. The number of Topliss-reactive ketones (excluding diaryl/α,β-unsaturated/α-hetero) is 1. The van der Waals surface area contributed by atoms with Crippen molar-refractivity contribution in [3.8, 4) is 0 Å². The number of hydrogen-bond donors (Lipinski definition) is 4. The van der Waals surface area contributed by atoms with Gasteiger partial charge in [-0.1, -0.05) is 72.0 Å². The molecule has 2 rings (SSSR count). The van der Waals surface area contributed by atoms with Crippen molar-refractivity contribution in [2.24, 2.45) is 17.3 Å². The number of carbonyl (C=O) groups excluding carboxylic acids is 6. The van der Waals surface area contributed by atoms with E-state index in [9.17, 15) is 28.8 Å². The highest BCUT2D eigenvalue weighted by atomic mass is 16.6. The molecule has 0 spiro atoms. The largest absolute Gasteiger partial charge is 0.458 e. The summed E-state index contributed by atoms with van der Waals surface area (Å²) in [5, 5.41) is 10.9. The smallest absolute Gasteiger partial charge is 0.329 e. The van der Waals surface area contributed by atoms with Crippen LogP contribution in [-0.2, 0) is 28.7 Å². The van der Waals surface area contributed by atoms with Crippen LogP contribution in [0.4, 0.5) is 4.79 Å². The summed E-state index contributed by atoms with van der Waals surface area (Å²) in [4.78, 5) is 81.9. The number of likely N-dealkylation sites (tertiary alicyclic amines) is 1. The second-order valence-corrected chi connectivity index (χ2v) is 15.1. The molecule has 12 heteroatoms. The van der Waals surface area contributed by atoms with Crippen LogP contribution in [0.15, 0.2) is 25.3 Å². The molecule has 1 heterocycles. The first-order valence-corrected chi connectivity index (χ1v) is 17.4. The third-order valence-corrected chi connectivity index (χ3v) is 8.82. The first-order chi connectivity index (χ1) is 22.4. The predicted molar refractivity (Wildman–Crippen MR) is 185 cm³/mol. The Morgan fingerprint density at radius 2 is 1.58 bits per heavy atom. The normalized spacial score (nSPS) is 20.4. The van der Waals surface area contributed by atoms with E-state index in [4.69, 9.17) is 4.74 Å². The first kappa shape index (κ1) is 40.5. The maximum Gasteiger partial charge on any atom is 0.329 e. The summed E-state index contributed by atoms with van der Waals surface area (Å²) in [5.74, 6) is -3.47. The maximum absolute atomic E-state index is 14.4. The molecule has 4 N–H and O–H groups in total. The fraction of sp³-hybridized carbons (Fsp3) is 0.722. The highest BCUT2D eigenvalue weighted by molar-refractivity contribution is 6.38. The van der Waals surface area contributed by atoms with Crippen LogP contribution in [0, 0.1) is 17.3 Å². The third-order valence-electron chi connectivity index (χ3n) is 8.82. The second-order valence-electron chi connectivity index (χ2n) is 15.1. The molecule has 2 aliphatic rings. The van der Waals surface area contributed by atoms with E-state index in [0.29, 0.717) is 19.3 Å². The van der Waals surface area contributed by atoms with Gasteiger partial charge in [-0.05, 0) is 63.7 Å². The Kier molecular flexibility index (Phi) is 15.3. The average molecular weight is 674 g/mol. The number of ketones is 1. The molecule has 12 nitrogen and oxygen atoms in total. The Labute approximate surface area is 286 Å². The molecular weight excluding hydrogens is 614 g/mol. The lowest BCUT2D eigenvalue weighted by Gasteiger charge is -2.36. The predicted octanol–water partition coefficient (Wildman–Crippen LogP) is 3.94. The summed E-state index contributed by atoms with van der Waals surface area (Å²) in [6.07, 6.45) is 9.32. The molecular formula is C36H59N5O7. The van der Waals surface area contributed by atoms with Gasteiger partial charge in [-0.3, -0.25) is 19.2 Å². The molecule has 0 aromatic rings. The van der Waals surface area contributed by atoms with Gasteiger partial charge in [0, 0.05) is 13.1 Å². The van der Waals surface area contributed by atoms with Gasteiger partial charge in [0.15, 0.2) is 0 Å². The minimum atomic E-state index is -1.05. The van der Waals surface area contributed by atoms with Crippen LogP contribution in [0.2, 0.25) is 0 Å². The summed E-state index contributed by atoms with van der Waals surface area (Å²) < 4.78 is 5.58. The lowest BCUT2D eigenvalue weighted by molar-refractivity contribution is -0.160. The fourth-order valence-corrected chi connectivity index (χ4v) is 6.22. The van der Waals surface area contributed by atoms with Gasteiger partial charge in [0.1, 0.15) is 23.7 Å². The van der Waals surface area contributed by atoms with Crippen LogP contribution >= 0.6 is 0 Å². The van der Waals surface area contributed by atoms with Gasteiger partial charge in [-0.15, -0.1) is 13.2 Å². The van der Waals surface area contributed by atoms with E-state index in [1.54, 1.807) is 26.8 Å². The van der Waals surface area contributed by atoms with Gasteiger partial charge in [-0.2, -0.15) is 0 Å². The van der Waals surface area contributed by atoms with Gasteiger partial charge in [0.25, 0.3) is 5.91 Å². The molecule has 5 atom stereocenters. The van der Waals surface area contributed by atoms with Gasteiger partial charge < -0.3 is 30.9 Å². The third kappa shape index (κ3) is 12.1. The molecule has 1 saturated carbocycles. The summed E-state index contributed by atoms with van der Waals surface area (Å²) in [6, 6.07) is -4.61. The molecule has 0 aromatic heterocycles. The molecule has 270 valence electrons. The van der Waals surface area contributed by atoms with Crippen molar-refractivity contribution < 1.29 is 33.5 Å². The Bertz CT molecular complexity index is 1180. The summed E-state index contributed by atoms with van der Waals surface area (Å²) >= 11 is 0. The van der Waals surface area contributed by atoms with E-state index in [-0.39, 0.29) is 37.8 Å². The SMILES string of the molecule is C=CCNC(=O)C(=O)C(CCCC)NC(=O)[C@@H]1C[C@@H](C=C)CN1C(=O)[C@@H](NC(=O)N[C@H](C(=O)OC(C)(C)C)C(C)(C)C)C1CCCCC1. The first-order valence-electron chi connectivity index (χ1n) is 17.4. The van der Waals surface area contributed by atoms with Crippen molar-refractivity contribution in [1.29, 1.82) is 0 Å². The van der Waals surface area contributed by atoms with Crippen LogP contribution in [0.5, 0.6) is 0 Å². The zero-order valence-corrected chi connectivity index (χ0v) is 30.1. The monoisotopic (exact) mass is 673 g/mol. The number of hydrogen-bond acceptors (Lipinski definition) is 7. The summed E-state index contributed by atoms with van der Waals surface area (Å²) in [7, 11) is 0. The Hall–Kier alpha value is -3.70. The van der Waals surface area contributed by atoms with Crippen LogP contribution in [0.25, 0.3) is 0 Å². The minimum absolute atomic E-state index is 0.113. The van der Waals surface area contributed by atoms with Gasteiger partial charge in [0.2, 0.25) is 17.6 Å². The van der Waals surface area contributed by atoms with E-state index in [1.807, 2.05) is 27.7 Å². The average Bonchev–Trinajstić information content (AvgIpc) is 3.46. The van der Waals surface area contributed by atoms with Gasteiger partial charge in [-0.25, -0.2) is 9.59 Å². The summed E-state index contributed by atoms with van der Waals surface area (Å²) in [6.45, 7) is 20.4. The van der Waals surface area contributed by atoms with E-state index in [2.05, 4.69) is 34.4 Å². The molecule has 0 bridgehead atoms.